The summed E-state index contributed by atoms with van der Waals surface area (Å²) >= 11 is 0. The van der Waals surface area contributed by atoms with Gasteiger partial charge in [0.05, 0.1) is 0 Å². The molecule has 0 N–H and O–H groups in total. The van der Waals surface area contributed by atoms with E-state index in [1.165, 1.54) is 0 Å². The Balaban J connectivity index is 2.80. The van der Waals surface area contributed by atoms with Crippen LogP contribution in [0.25, 0.3) is 0 Å². The van der Waals surface area contributed by atoms with Crippen LogP contribution < -0.4 is 0 Å². The fourth-order valence-corrected chi connectivity index (χ4v) is 1.68. The van der Waals surface area contributed by atoms with E-state index in [0.29, 0.717) is 6.42 Å². The molecule has 1 rings (SSSR count). The van der Waals surface area contributed by atoms with E-state index in [9.17, 15) is 9.59 Å². The molecule has 1 atom stereocenters. The van der Waals surface area contributed by atoms with Crippen LogP contribution in [0, 0.1) is 5.41 Å². The summed E-state index contributed by atoms with van der Waals surface area (Å²) in [6, 6.07) is 9.24. The van der Waals surface area contributed by atoms with Crippen molar-refractivity contribution in [2.45, 2.75) is 52.7 Å². The van der Waals surface area contributed by atoms with Crippen molar-refractivity contribution in [3.63, 3.8) is 0 Å². The quantitative estimate of drug-likeness (QED) is 0.463. The third-order valence-electron chi connectivity index (χ3n) is 4.12. The first-order valence-electron chi connectivity index (χ1n) is 7.68. The second kappa shape index (κ2) is 7.44. The van der Waals surface area contributed by atoms with Crippen LogP contribution >= 0.6 is 0 Å². The lowest BCUT2D eigenvalue weighted by Crippen LogP contribution is -2.43. The molecule has 0 saturated carbocycles. The monoisotopic (exact) mass is 318 g/mol. The maximum Gasteiger partial charge on any atom is 0.418 e. The Bertz CT molecular complexity index is 552. The summed E-state index contributed by atoms with van der Waals surface area (Å²) in [5.74, 6) is -1.96. The minimum Gasteiger partial charge on any atom is -0.451 e. The zero-order chi connectivity index (χ0) is 17.7. The van der Waals surface area contributed by atoms with Crippen LogP contribution in [0.1, 0.15) is 52.7 Å². The second-order valence-corrected chi connectivity index (χ2v) is 6.98. The smallest absolute Gasteiger partial charge is 0.418 e. The molecule has 0 aliphatic rings. The standard InChI is InChI=1S/C19H26O4/c1-7-11-15(14-12-9-8-10-13-14)22-16(20)17(21)23-19(5,6)18(2,3)4/h7-10,12-13,15H,1,11H2,2-6H3. The Morgan fingerprint density at radius 3 is 2.13 bits per heavy atom. The first kappa shape index (κ1) is 18.9. The lowest BCUT2D eigenvalue weighted by Gasteiger charge is -2.37. The summed E-state index contributed by atoms with van der Waals surface area (Å²) in [5, 5.41) is 0. The van der Waals surface area contributed by atoms with Gasteiger partial charge in [0.1, 0.15) is 11.7 Å². The van der Waals surface area contributed by atoms with Gasteiger partial charge in [-0.3, -0.25) is 0 Å². The highest BCUT2D eigenvalue weighted by Crippen LogP contribution is 2.33. The largest absolute Gasteiger partial charge is 0.451 e. The third kappa shape index (κ3) is 5.23. The normalized spacial score (nSPS) is 13.1. The van der Waals surface area contributed by atoms with Gasteiger partial charge >= 0.3 is 11.9 Å². The number of carbonyl (C=O) groups is 2. The summed E-state index contributed by atoms with van der Waals surface area (Å²) < 4.78 is 10.7. The summed E-state index contributed by atoms with van der Waals surface area (Å²) in [4.78, 5) is 24.1. The summed E-state index contributed by atoms with van der Waals surface area (Å²) in [7, 11) is 0. The van der Waals surface area contributed by atoms with Crippen molar-refractivity contribution in [1.82, 2.24) is 0 Å². The van der Waals surface area contributed by atoms with E-state index in [1.807, 2.05) is 51.1 Å². The van der Waals surface area contributed by atoms with E-state index in [1.54, 1.807) is 19.9 Å². The van der Waals surface area contributed by atoms with Crippen LogP contribution in [0.3, 0.4) is 0 Å². The second-order valence-electron chi connectivity index (χ2n) is 6.98. The topological polar surface area (TPSA) is 52.6 Å². The highest BCUT2D eigenvalue weighted by molar-refractivity contribution is 6.29. The van der Waals surface area contributed by atoms with Crippen molar-refractivity contribution >= 4 is 11.9 Å². The first-order chi connectivity index (χ1) is 10.6. The minimum atomic E-state index is -0.988. The lowest BCUT2D eigenvalue weighted by molar-refractivity contribution is -0.185. The van der Waals surface area contributed by atoms with E-state index in [2.05, 4.69) is 6.58 Å². The van der Waals surface area contributed by atoms with Crippen LogP contribution in [-0.2, 0) is 19.1 Å². The molecule has 0 aliphatic carbocycles. The van der Waals surface area contributed by atoms with E-state index >= 15 is 0 Å². The predicted octanol–water partition coefficient (Wildman–Crippen LogP) is 4.21. The number of rotatable bonds is 5. The van der Waals surface area contributed by atoms with Gasteiger partial charge in [-0.1, -0.05) is 57.2 Å². The number of carbonyl (C=O) groups excluding carboxylic acids is 2. The van der Waals surface area contributed by atoms with E-state index in [0.717, 1.165) is 5.56 Å². The van der Waals surface area contributed by atoms with Gasteiger partial charge in [-0.15, -0.1) is 6.58 Å². The third-order valence-corrected chi connectivity index (χ3v) is 4.12. The molecule has 0 amide bonds. The molecule has 1 unspecified atom stereocenters. The summed E-state index contributed by atoms with van der Waals surface area (Å²) in [6.45, 7) is 13.0. The lowest BCUT2D eigenvalue weighted by atomic mass is 9.79. The molecule has 1 aromatic rings. The molecule has 0 heterocycles. The Kier molecular flexibility index (Phi) is 6.13. The number of hydrogen-bond donors (Lipinski definition) is 0. The highest BCUT2D eigenvalue weighted by Gasteiger charge is 2.39. The predicted molar refractivity (Wildman–Crippen MR) is 89.7 cm³/mol. The molecular formula is C19H26O4. The van der Waals surface area contributed by atoms with Crippen molar-refractivity contribution < 1.29 is 19.1 Å². The van der Waals surface area contributed by atoms with Gasteiger partial charge in [0.2, 0.25) is 0 Å². The van der Waals surface area contributed by atoms with Gasteiger partial charge in [-0.25, -0.2) is 9.59 Å². The first-order valence-corrected chi connectivity index (χ1v) is 7.68. The van der Waals surface area contributed by atoms with Crippen LogP contribution in [0.5, 0.6) is 0 Å². The molecule has 0 saturated heterocycles. The van der Waals surface area contributed by atoms with Crippen LogP contribution in [0.2, 0.25) is 0 Å². The fraction of sp³-hybridized carbons (Fsp3) is 0.474. The Morgan fingerprint density at radius 1 is 1.09 bits per heavy atom. The molecule has 1 aromatic carbocycles. The van der Waals surface area contributed by atoms with Crippen molar-refractivity contribution in [2.75, 3.05) is 0 Å². The SMILES string of the molecule is C=CCC(OC(=O)C(=O)OC(C)(C)C(C)(C)C)c1ccccc1. The molecule has 0 spiro atoms. The average molecular weight is 318 g/mol. The van der Waals surface area contributed by atoms with Gasteiger partial charge in [0, 0.05) is 11.8 Å². The van der Waals surface area contributed by atoms with Gasteiger partial charge in [0.25, 0.3) is 0 Å². The molecule has 23 heavy (non-hydrogen) atoms. The van der Waals surface area contributed by atoms with Gasteiger partial charge in [-0.2, -0.15) is 0 Å². The maximum atomic E-state index is 12.1. The molecular weight excluding hydrogens is 292 g/mol. The molecule has 0 radical (unpaired) electrons. The number of esters is 2. The van der Waals surface area contributed by atoms with Crippen molar-refractivity contribution in [3.8, 4) is 0 Å². The number of benzene rings is 1. The average Bonchev–Trinajstić information content (AvgIpc) is 2.46. The molecule has 4 nitrogen and oxygen atoms in total. The summed E-state index contributed by atoms with van der Waals surface area (Å²) in [6.07, 6.45) is 1.52. The molecule has 126 valence electrons. The van der Waals surface area contributed by atoms with Crippen molar-refractivity contribution in [3.05, 3.63) is 48.6 Å². The van der Waals surface area contributed by atoms with Gasteiger partial charge < -0.3 is 9.47 Å². The van der Waals surface area contributed by atoms with Crippen LogP contribution in [0.4, 0.5) is 0 Å². The Morgan fingerprint density at radius 2 is 1.65 bits per heavy atom. The number of hydrogen-bond acceptors (Lipinski definition) is 4. The fourth-order valence-electron chi connectivity index (χ4n) is 1.68. The van der Waals surface area contributed by atoms with E-state index < -0.39 is 23.6 Å². The Hall–Kier alpha value is -2.10. The van der Waals surface area contributed by atoms with E-state index in [-0.39, 0.29) is 5.41 Å². The van der Waals surface area contributed by atoms with Gasteiger partial charge in [0.15, 0.2) is 0 Å². The molecule has 0 bridgehead atoms. The van der Waals surface area contributed by atoms with Crippen LogP contribution in [0.15, 0.2) is 43.0 Å². The zero-order valence-electron chi connectivity index (χ0n) is 14.6. The zero-order valence-corrected chi connectivity index (χ0v) is 14.6. The summed E-state index contributed by atoms with van der Waals surface area (Å²) in [5.41, 5.74) is -0.282. The number of ether oxygens (including phenoxy) is 2. The molecule has 0 aromatic heterocycles. The van der Waals surface area contributed by atoms with Crippen LogP contribution in [-0.4, -0.2) is 17.5 Å². The van der Waals surface area contributed by atoms with Crippen molar-refractivity contribution in [2.24, 2.45) is 5.41 Å². The van der Waals surface area contributed by atoms with E-state index in [4.69, 9.17) is 9.47 Å². The maximum absolute atomic E-state index is 12.1. The highest BCUT2D eigenvalue weighted by atomic mass is 16.6. The molecule has 0 fully saturated rings. The van der Waals surface area contributed by atoms with Gasteiger partial charge in [-0.05, 0) is 19.4 Å². The minimum absolute atomic E-state index is 0.303. The molecule has 4 heteroatoms. The molecule has 0 aliphatic heterocycles. The van der Waals surface area contributed by atoms with Crippen molar-refractivity contribution in [1.29, 1.82) is 0 Å². The Labute approximate surface area is 138 Å².